The summed E-state index contributed by atoms with van der Waals surface area (Å²) in [5.41, 5.74) is 2.08. The third-order valence-corrected chi connectivity index (χ3v) is 5.21. The maximum absolute atomic E-state index is 12.6. The average molecular weight is 858 g/mol. The quantitative estimate of drug-likeness (QED) is 0.226. The van der Waals surface area contributed by atoms with Gasteiger partial charge < -0.3 is 10.2 Å². The molecular weight excluding hydrogens is 838 g/mol. The minimum Gasteiger partial charge on any atom is -0.872 e. The molecule has 20 heteroatoms. The van der Waals surface area contributed by atoms with E-state index in [-0.39, 0.29) is 45.6 Å². The molecule has 2 aromatic rings. The largest absolute Gasteiger partial charge is 2.00 e. The van der Waals surface area contributed by atoms with Crippen molar-refractivity contribution in [1.82, 2.24) is 0 Å². The van der Waals surface area contributed by atoms with Crippen LogP contribution in [0.15, 0.2) is 53.2 Å². The van der Waals surface area contributed by atoms with E-state index >= 15 is 0 Å². The van der Waals surface area contributed by atoms with Crippen molar-refractivity contribution in [2.24, 2.45) is 20.0 Å². The summed E-state index contributed by atoms with van der Waals surface area (Å²) in [6.45, 7) is 2.14. The normalized spacial score (nSPS) is 13.8. The molecule has 0 saturated heterocycles. The number of benzene rings is 2. The SMILES string of the molecule is [Cu+2].[Cu+2].[O-][Cl+3]([O-])([O-])[O-].[O-][Cl+3]([O-])([O-])[O-].[O-]c1c2cc(Br)cc1C=NCCCN=Cc1cc(Br)cc(c1[O-])C=NCCCN=C2. The summed E-state index contributed by atoms with van der Waals surface area (Å²) >= 11 is 6.87. The van der Waals surface area contributed by atoms with Gasteiger partial charge in [0.2, 0.25) is 0 Å². The van der Waals surface area contributed by atoms with Crippen LogP contribution in [0.1, 0.15) is 35.1 Å². The fraction of sp³-hybridized carbons (Fsp3) is 0.273. The fourth-order valence-corrected chi connectivity index (χ4v) is 3.80. The Hall–Kier alpha value is -1.02. The summed E-state index contributed by atoms with van der Waals surface area (Å²) < 4.78 is 69.6. The summed E-state index contributed by atoms with van der Waals surface area (Å²) in [5.74, 6) is -0.189. The third kappa shape index (κ3) is 21.6. The number of aliphatic imine (C=N–C) groups is 4. The summed E-state index contributed by atoms with van der Waals surface area (Å²) in [5, 5.41) is 25.1. The predicted octanol–water partition coefficient (Wildman–Crippen LogP) is -5.99. The van der Waals surface area contributed by atoms with E-state index in [0.29, 0.717) is 61.3 Å². The van der Waals surface area contributed by atoms with Crippen molar-refractivity contribution < 1.29 is 102 Å². The first-order valence-corrected chi connectivity index (χ1v) is 14.8. The van der Waals surface area contributed by atoms with Gasteiger partial charge in [0.15, 0.2) is 0 Å². The molecule has 0 saturated carbocycles. The fourth-order valence-electron chi connectivity index (χ4n) is 2.81. The molecule has 0 atom stereocenters. The zero-order valence-electron chi connectivity index (χ0n) is 20.8. The number of fused-ring (bicyclic) bond motifs is 4. The van der Waals surface area contributed by atoms with Crippen LogP contribution in [0, 0.1) is 20.5 Å². The Bertz CT molecular complexity index is 1060. The van der Waals surface area contributed by atoms with E-state index in [4.69, 9.17) is 37.3 Å². The third-order valence-electron chi connectivity index (χ3n) is 4.29. The molecule has 2 aromatic carbocycles. The molecule has 238 valence electrons. The first-order valence-electron chi connectivity index (χ1n) is 10.8. The van der Waals surface area contributed by atoms with Crippen molar-refractivity contribution in [3.63, 3.8) is 0 Å². The smallest absolute Gasteiger partial charge is 0.872 e. The molecule has 4 bridgehead atoms. The molecule has 1 heterocycles. The monoisotopic (exact) mass is 854 g/mol. The van der Waals surface area contributed by atoms with E-state index in [1.807, 2.05) is 0 Å². The van der Waals surface area contributed by atoms with Gasteiger partial charge in [0.05, 0.1) is 0 Å². The Labute approximate surface area is 283 Å². The summed E-state index contributed by atoms with van der Waals surface area (Å²) in [7, 11) is -9.89. The maximum atomic E-state index is 12.6. The van der Waals surface area contributed by atoms with Gasteiger partial charge in [-0.2, -0.15) is 0 Å². The van der Waals surface area contributed by atoms with Crippen LogP contribution in [-0.2, 0) is 34.1 Å². The van der Waals surface area contributed by atoms with E-state index in [0.717, 1.165) is 8.95 Å². The van der Waals surface area contributed by atoms with Crippen molar-refractivity contribution >= 4 is 56.7 Å². The molecule has 42 heavy (non-hydrogen) atoms. The minimum absolute atomic E-state index is 0. The minimum atomic E-state index is -4.94. The molecule has 2 radical (unpaired) electrons. The van der Waals surface area contributed by atoms with Crippen LogP contribution in [0.25, 0.3) is 0 Å². The van der Waals surface area contributed by atoms with Crippen molar-refractivity contribution in [3.05, 3.63) is 55.5 Å². The molecule has 0 N–H and O–H groups in total. The van der Waals surface area contributed by atoms with Crippen LogP contribution in [-0.4, -0.2) is 51.0 Å². The van der Waals surface area contributed by atoms with Crippen molar-refractivity contribution in [2.45, 2.75) is 12.8 Å². The first kappa shape index (κ1) is 43.1. The van der Waals surface area contributed by atoms with E-state index < -0.39 is 20.5 Å². The summed E-state index contributed by atoms with van der Waals surface area (Å²) in [6.07, 6.45) is 7.80. The van der Waals surface area contributed by atoms with Crippen LogP contribution in [0.5, 0.6) is 11.5 Å². The molecule has 0 amide bonds. The number of hydrogen-bond donors (Lipinski definition) is 0. The second-order valence-corrected chi connectivity index (χ2v) is 10.8. The zero-order valence-corrected chi connectivity index (χ0v) is 27.4. The van der Waals surface area contributed by atoms with E-state index in [9.17, 15) is 10.2 Å². The zero-order chi connectivity index (χ0) is 30.3. The van der Waals surface area contributed by atoms with Gasteiger partial charge in [0.25, 0.3) is 0 Å². The molecule has 0 aliphatic carbocycles. The van der Waals surface area contributed by atoms with Gasteiger partial charge in [-0.05, 0) is 59.4 Å². The number of halogens is 4. The van der Waals surface area contributed by atoms with Crippen LogP contribution in [0.3, 0.4) is 0 Å². The second-order valence-electron chi connectivity index (χ2n) is 7.43. The summed E-state index contributed by atoms with van der Waals surface area (Å²) in [4.78, 5) is 17.4. The Balaban J connectivity index is 0. The van der Waals surface area contributed by atoms with Crippen LogP contribution in [0.4, 0.5) is 0 Å². The number of hydrogen-bond acceptors (Lipinski definition) is 14. The Kier molecular flexibility index (Phi) is 22.2. The van der Waals surface area contributed by atoms with Crippen molar-refractivity contribution in [1.29, 1.82) is 0 Å². The maximum Gasteiger partial charge on any atom is 2.00 e. The van der Waals surface area contributed by atoms with Gasteiger partial charge in [0.1, 0.15) is 0 Å². The second kappa shape index (κ2) is 21.6. The number of rotatable bonds is 0. The Morgan fingerprint density at radius 1 is 0.476 bits per heavy atom. The molecular formula is C22H20Br2Cl2Cu2N4O10. The molecule has 0 unspecified atom stereocenters. The van der Waals surface area contributed by atoms with Gasteiger partial charge in [0, 0.05) is 60.0 Å². The molecule has 1 aliphatic heterocycles. The average Bonchev–Trinajstić information content (AvgIpc) is 2.80. The van der Waals surface area contributed by atoms with Crippen LogP contribution >= 0.6 is 31.9 Å². The van der Waals surface area contributed by atoms with Crippen molar-refractivity contribution in [2.75, 3.05) is 26.2 Å². The van der Waals surface area contributed by atoms with Gasteiger partial charge in [-0.25, -0.2) is 37.3 Å². The first-order chi connectivity index (χ1) is 18.5. The van der Waals surface area contributed by atoms with Gasteiger partial charge in [-0.3, -0.25) is 20.0 Å². The molecule has 3 rings (SSSR count). The molecule has 14 nitrogen and oxygen atoms in total. The van der Waals surface area contributed by atoms with E-state index in [1.54, 1.807) is 49.1 Å². The van der Waals surface area contributed by atoms with Crippen LogP contribution < -0.4 is 47.5 Å². The van der Waals surface area contributed by atoms with E-state index in [1.165, 1.54) is 0 Å². The van der Waals surface area contributed by atoms with Gasteiger partial charge in [-0.1, -0.05) is 43.4 Å². The Morgan fingerprint density at radius 2 is 0.667 bits per heavy atom. The van der Waals surface area contributed by atoms with Gasteiger partial charge >= 0.3 is 34.1 Å². The molecule has 0 aromatic heterocycles. The molecule has 0 fully saturated rings. The topological polar surface area (TPSA) is 280 Å². The van der Waals surface area contributed by atoms with Gasteiger partial charge in [-0.15, -0.1) is 20.5 Å². The summed E-state index contributed by atoms with van der Waals surface area (Å²) in [6, 6.07) is 7.01. The van der Waals surface area contributed by atoms with E-state index in [2.05, 4.69) is 51.8 Å². The number of nitrogens with zero attached hydrogens (tertiary/aromatic N) is 4. The predicted molar refractivity (Wildman–Crippen MR) is 126 cm³/mol. The Morgan fingerprint density at radius 3 is 0.857 bits per heavy atom. The molecule has 1 aliphatic rings. The van der Waals surface area contributed by atoms with Crippen molar-refractivity contribution in [3.8, 4) is 11.5 Å². The molecule has 0 spiro atoms. The standard InChI is InChI=1S/C22H22Br2N4O2.2ClHO4.2Cu/c23-19-7-15-11-25-3-1-4-26-12-16-8-20(24)10-18(22(16)30)14-28-6-2-5-27-13-17(9-19)21(15)29;2*2-1(3,4)5;;/h7-14,29-30H,1-6H2;2*(H,2,3,4,5);;/q;;;2*+2/p-4. The van der Waals surface area contributed by atoms with Crippen LogP contribution in [0.2, 0.25) is 0 Å².